The third-order valence-corrected chi connectivity index (χ3v) is 8.79. The first-order valence-corrected chi connectivity index (χ1v) is 15.3. The molecule has 3 aromatic carbocycles. The molecule has 0 N–H and O–H groups in total. The molecule has 1 heterocycles. The van der Waals surface area contributed by atoms with Crippen LogP contribution in [0.3, 0.4) is 0 Å². The van der Waals surface area contributed by atoms with Crippen molar-refractivity contribution in [2.24, 2.45) is 5.92 Å². The molecule has 0 atom stereocenters. The van der Waals surface area contributed by atoms with Gasteiger partial charge >= 0.3 is 6.11 Å². The highest BCUT2D eigenvalue weighted by molar-refractivity contribution is 6.30. The number of benzene rings is 3. The lowest BCUT2D eigenvalue weighted by Crippen LogP contribution is -2.25. The largest absolute Gasteiger partial charge is 0.432 e. The van der Waals surface area contributed by atoms with Crippen LogP contribution in [0.15, 0.2) is 60.8 Å². The predicted molar refractivity (Wildman–Crippen MR) is 160 cm³/mol. The zero-order chi connectivity index (χ0) is 32.3. The van der Waals surface area contributed by atoms with Gasteiger partial charge in [-0.25, -0.2) is 22.0 Å². The van der Waals surface area contributed by atoms with E-state index in [2.05, 4.69) is 16.6 Å². The Kier molecular flexibility index (Phi) is 10.1. The van der Waals surface area contributed by atoms with Crippen LogP contribution < -0.4 is 4.74 Å². The summed E-state index contributed by atoms with van der Waals surface area (Å²) in [6, 6.07) is 9.52. The summed E-state index contributed by atoms with van der Waals surface area (Å²) < 4.78 is 106. The molecule has 45 heavy (non-hydrogen) atoms. The van der Waals surface area contributed by atoms with Crippen molar-refractivity contribution in [3.63, 3.8) is 0 Å². The number of hydrogen-bond donors (Lipinski definition) is 0. The summed E-state index contributed by atoms with van der Waals surface area (Å²) in [4.78, 5) is 4.53. The van der Waals surface area contributed by atoms with Crippen LogP contribution in [-0.4, -0.2) is 4.98 Å². The van der Waals surface area contributed by atoms with Crippen LogP contribution in [0.25, 0.3) is 22.4 Å². The molecule has 0 bridgehead atoms. The Balaban J connectivity index is 1.30. The normalized spacial score (nSPS) is 17.0. The summed E-state index contributed by atoms with van der Waals surface area (Å²) in [6.07, 6.45) is 6.86. The molecule has 0 saturated heterocycles. The topological polar surface area (TPSA) is 22.1 Å². The van der Waals surface area contributed by atoms with E-state index in [4.69, 9.17) is 11.6 Å². The van der Waals surface area contributed by atoms with Crippen molar-refractivity contribution in [1.29, 1.82) is 0 Å². The van der Waals surface area contributed by atoms with Crippen molar-refractivity contribution in [2.75, 3.05) is 0 Å². The van der Waals surface area contributed by atoms with E-state index in [1.807, 2.05) is 18.3 Å². The van der Waals surface area contributed by atoms with E-state index in [-0.39, 0.29) is 11.1 Å². The average molecular weight is 650 g/mol. The Hall–Kier alpha value is -3.59. The molecule has 10 heteroatoms. The van der Waals surface area contributed by atoms with Gasteiger partial charge in [0.05, 0.1) is 5.69 Å². The van der Waals surface area contributed by atoms with Crippen LogP contribution in [0.1, 0.15) is 75.3 Å². The Labute approximate surface area is 262 Å². The van der Waals surface area contributed by atoms with E-state index < -0.39 is 51.5 Å². The molecular formula is C35H31ClF7NO. The SMILES string of the molecule is CCCCCC1CCC(c2ccc(-c3ccc(-c4cc(F)c(C(F)(F)Oc5cc(F)c(Cl)c(F)c5)c(F)c4)c(F)c3)nc2)CC1. The number of rotatable bonds is 10. The maximum atomic E-state index is 15.2. The molecule has 0 radical (unpaired) electrons. The second kappa shape index (κ2) is 13.8. The minimum atomic E-state index is -4.67. The monoisotopic (exact) mass is 649 g/mol. The van der Waals surface area contributed by atoms with Crippen molar-refractivity contribution >= 4 is 11.6 Å². The van der Waals surface area contributed by atoms with E-state index >= 15 is 4.39 Å². The molecule has 0 amide bonds. The molecule has 5 rings (SSSR count). The first-order valence-electron chi connectivity index (χ1n) is 14.9. The lowest BCUT2D eigenvalue weighted by atomic mass is 9.77. The molecule has 1 saturated carbocycles. The second-order valence-corrected chi connectivity index (χ2v) is 11.9. The highest BCUT2D eigenvalue weighted by Crippen LogP contribution is 2.40. The van der Waals surface area contributed by atoms with Gasteiger partial charge in [0.15, 0.2) is 0 Å². The number of aromatic nitrogens is 1. The van der Waals surface area contributed by atoms with Crippen LogP contribution in [0.5, 0.6) is 5.75 Å². The van der Waals surface area contributed by atoms with E-state index in [1.165, 1.54) is 50.7 Å². The maximum Gasteiger partial charge on any atom is 0.432 e. The molecule has 1 aromatic heterocycles. The van der Waals surface area contributed by atoms with Crippen molar-refractivity contribution in [3.8, 4) is 28.1 Å². The molecule has 0 unspecified atom stereocenters. The van der Waals surface area contributed by atoms with Gasteiger partial charge in [-0.3, -0.25) is 4.98 Å². The number of unbranched alkanes of at least 4 members (excludes halogenated alkanes) is 2. The summed E-state index contributed by atoms with van der Waals surface area (Å²) >= 11 is 5.33. The standard InChI is InChI=1S/C35H31ClF7NO/c1-2-3-4-5-20-6-8-21(9-7-20)23-11-13-32(44-19-23)22-10-12-26(27(37)14-22)24-15-28(38)33(29(39)16-24)35(42,43)45-25-17-30(40)34(36)31(41)18-25/h10-21H,2-9H2,1H3. The number of ether oxygens (including phenoxy) is 1. The van der Waals surface area contributed by atoms with Crippen molar-refractivity contribution in [1.82, 2.24) is 4.98 Å². The van der Waals surface area contributed by atoms with Crippen LogP contribution in [-0.2, 0) is 6.11 Å². The van der Waals surface area contributed by atoms with Gasteiger partial charge in [0.2, 0.25) is 0 Å². The highest BCUT2D eigenvalue weighted by Gasteiger charge is 2.41. The number of alkyl halides is 2. The van der Waals surface area contributed by atoms with E-state index in [9.17, 15) is 26.3 Å². The van der Waals surface area contributed by atoms with Crippen molar-refractivity contribution < 1.29 is 35.5 Å². The summed E-state index contributed by atoms with van der Waals surface area (Å²) in [5.41, 5.74) is -0.305. The minimum Gasteiger partial charge on any atom is -0.429 e. The molecule has 0 aliphatic heterocycles. The Morgan fingerprint density at radius 2 is 1.42 bits per heavy atom. The molecule has 238 valence electrons. The smallest absolute Gasteiger partial charge is 0.429 e. The fraction of sp³-hybridized carbons (Fsp3) is 0.343. The number of pyridine rings is 1. The van der Waals surface area contributed by atoms with Gasteiger partial charge in [0.25, 0.3) is 0 Å². The van der Waals surface area contributed by atoms with Crippen LogP contribution in [0.4, 0.5) is 30.7 Å². The van der Waals surface area contributed by atoms with Crippen molar-refractivity contribution in [2.45, 2.75) is 70.3 Å². The third-order valence-electron chi connectivity index (χ3n) is 8.43. The van der Waals surface area contributed by atoms with Gasteiger partial charge in [0.1, 0.15) is 45.4 Å². The highest BCUT2D eigenvalue weighted by atomic mass is 35.5. The summed E-state index contributed by atoms with van der Waals surface area (Å²) in [7, 11) is 0. The Morgan fingerprint density at radius 3 is 2.00 bits per heavy atom. The fourth-order valence-electron chi connectivity index (χ4n) is 5.99. The van der Waals surface area contributed by atoms with Crippen LogP contribution >= 0.6 is 11.6 Å². The number of nitrogens with zero attached hydrogens (tertiary/aromatic N) is 1. The molecule has 0 spiro atoms. The summed E-state index contributed by atoms with van der Waals surface area (Å²) in [5.74, 6) is -6.97. The van der Waals surface area contributed by atoms with Gasteiger partial charge in [0, 0.05) is 29.5 Å². The van der Waals surface area contributed by atoms with Gasteiger partial charge in [-0.1, -0.05) is 62.4 Å². The van der Waals surface area contributed by atoms with Gasteiger partial charge in [-0.05, 0) is 72.9 Å². The first-order chi connectivity index (χ1) is 21.5. The molecule has 1 aliphatic rings. The molecule has 4 aromatic rings. The van der Waals surface area contributed by atoms with E-state index in [1.54, 1.807) is 0 Å². The average Bonchev–Trinajstić information content (AvgIpc) is 2.99. The summed E-state index contributed by atoms with van der Waals surface area (Å²) in [6.45, 7) is 2.21. The second-order valence-electron chi connectivity index (χ2n) is 11.5. The predicted octanol–water partition coefficient (Wildman–Crippen LogP) is 11.7. The minimum absolute atomic E-state index is 0.235. The summed E-state index contributed by atoms with van der Waals surface area (Å²) in [5, 5.41) is -0.959. The fourth-order valence-corrected chi connectivity index (χ4v) is 6.10. The van der Waals surface area contributed by atoms with Crippen LogP contribution in [0.2, 0.25) is 5.02 Å². The maximum absolute atomic E-state index is 15.2. The van der Waals surface area contributed by atoms with E-state index in [0.29, 0.717) is 41.4 Å². The molecule has 2 nitrogen and oxygen atoms in total. The molecular weight excluding hydrogens is 619 g/mol. The van der Waals surface area contributed by atoms with Gasteiger partial charge in [-0.2, -0.15) is 8.78 Å². The lowest BCUT2D eigenvalue weighted by molar-refractivity contribution is -0.189. The Bertz CT molecular complexity index is 1610. The quantitative estimate of drug-likeness (QED) is 0.0969. The van der Waals surface area contributed by atoms with Crippen LogP contribution in [0, 0.1) is 35.0 Å². The first kappa shape index (κ1) is 32.8. The lowest BCUT2D eigenvalue weighted by Gasteiger charge is -2.28. The molecule has 1 fully saturated rings. The number of hydrogen-bond acceptors (Lipinski definition) is 2. The zero-order valence-electron chi connectivity index (χ0n) is 24.5. The number of halogens is 8. The Morgan fingerprint density at radius 1 is 0.778 bits per heavy atom. The van der Waals surface area contributed by atoms with E-state index in [0.717, 1.165) is 30.4 Å². The molecule has 1 aliphatic carbocycles. The zero-order valence-corrected chi connectivity index (χ0v) is 25.2. The van der Waals surface area contributed by atoms with Gasteiger partial charge < -0.3 is 4.74 Å². The third kappa shape index (κ3) is 7.46. The van der Waals surface area contributed by atoms with Gasteiger partial charge in [-0.15, -0.1) is 0 Å². The van der Waals surface area contributed by atoms with Crippen molar-refractivity contribution in [3.05, 3.63) is 106 Å².